The van der Waals surface area contributed by atoms with E-state index in [4.69, 9.17) is 4.74 Å². The van der Waals surface area contributed by atoms with E-state index in [0.29, 0.717) is 6.04 Å². The highest BCUT2D eigenvalue weighted by Crippen LogP contribution is 2.10. The average molecular weight is 253 g/mol. The molecule has 1 aromatic rings. The van der Waals surface area contributed by atoms with Crippen LogP contribution in [0.2, 0.25) is 0 Å². The molecule has 104 valence electrons. The molecule has 0 aliphatic heterocycles. The van der Waals surface area contributed by atoms with Crippen LogP contribution in [-0.4, -0.2) is 35.4 Å². The molecule has 0 saturated heterocycles. The zero-order chi connectivity index (χ0) is 13.4. The maximum absolute atomic E-state index is 5.56. The second-order valence-corrected chi connectivity index (χ2v) is 4.59. The van der Waals surface area contributed by atoms with Gasteiger partial charge in [0.15, 0.2) is 0 Å². The summed E-state index contributed by atoms with van der Waals surface area (Å²) in [6.45, 7) is 8.48. The van der Waals surface area contributed by atoms with Gasteiger partial charge in [-0.15, -0.1) is 0 Å². The number of hydrogen-bond acceptors (Lipinski definition) is 3. The Kier molecular flexibility index (Phi) is 6.98. The SMILES string of the molecule is CCCn1ccnc1CC(NCC)C(CC)OC. The lowest BCUT2D eigenvalue weighted by Crippen LogP contribution is -2.42. The van der Waals surface area contributed by atoms with Gasteiger partial charge >= 0.3 is 0 Å². The number of nitrogens with one attached hydrogen (secondary N) is 1. The molecule has 0 saturated carbocycles. The van der Waals surface area contributed by atoms with Gasteiger partial charge in [-0.25, -0.2) is 4.98 Å². The van der Waals surface area contributed by atoms with Gasteiger partial charge in [-0.1, -0.05) is 20.8 Å². The number of aromatic nitrogens is 2. The lowest BCUT2D eigenvalue weighted by Gasteiger charge is -2.25. The van der Waals surface area contributed by atoms with Crippen molar-refractivity contribution in [1.82, 2.24) is 14.9 Å². The first-order chi connectivity index (χ1) is 8.76. The Bertz CT molecular complexity index is 321. The van der Waals surface area contributed by atoms with Crippen LogP contribution >= 0.6 is 0 Å². The fourth-order valence-corrected chi connectivity index (χ4v) is 2.38. The molecule has 0 radical (unpaired) electrons. The number of imidazole rings is 1. The van der Waals surface area contributed by atoms with Gasteiger partial charge in [-0.2, -0.15) is 0 Å². The second-order valence-electron chi connectivity index (χ2n) is 4.59. The Balaban J connectivity index is 2.72. The van der Waals surface area contributed by atoms with E-state index in [1.54, 1.807) is 7.11 Å². The summed E-state index contributed by atoms with van der Waals surface area (Å²) in [4.78, 5) is 4.48. The van der Waals surface area contributed by atoms with Crippen LogP contribution in [0, 0.1) is 0 Å². The molecule has 1 aromatic heterocycles. The van der Waals surface area contributed by atoms with Crippen LogP contribution in [0.4, 0.5) is 0 Å². The molecule has 1 N–H and O–H groups in total. The van der Waals surface area contributed by atoms with Gasteiger partial charge in [0.2, 0.25) is 0 Å². The molecule has 0 bridgehead atoms. The molecule has 0 spiro atoms. The molecular formula is C14H27N3O. The van der Waals surface area contributed by atoms with Crippen LogP contribution < -0.4 is 5.32 Å². The average Bonchev–Trinajstić information content (AvgIpc) is 2.79. The van der Waals surface area contributed by atoms with Crippen molar-refractivity contribution < 1.29 is 4.74 Å². The van der Waals surface area contributed by atoms with E-state index in [1.807, 2.05) is 6.20 Å². The van der Waals surface area contributed by atoms with Crippen molar-refractivity contribution in [3.05, 3.63) is 18.2 Å². The Labute approximate surface area is 111 Å². The smallest absolute Gasteiger partial charge is 0.110 e. The second kappa shape index (κ2) is 8.27. The summed E-state index contributed by atoms with van der Waals surface area (Å²) < 4.78 is 7.81. The van der Waals surface area contributed by atoms with Crippen molar-refractivity contribution in [2.24, 2.45) is 0 Å². The maximum Gasteiger partial charge on any atom is 0.110 e. The van der Waals surface area contributed by atoms with Gasteiger partial charge in [-0.05, 0) is 19.4 Å². The standard InChI is InChI=1S/C14H27N3O/c1-5-9-17-10-8-16-14(17)11-12(15-7-3)13(6-2)18-4/h8,10,12-13,15H,5-7,9,11H2,1-4H3. The molecule has 0 aliphatic rings. The number of likely N-dealkylation sites (N-methyl/N-ethyl adjacent to an activating group) is 1. The molecule has 4 heteroatoms. The predicted molar refractivity (Wildman–Crippen MR) is 74.8 cm³/mol. The number of methoxy groups -OCH3 is 1. The minimum atomic E-state index is 0.247. The van der Waals surface area contributed by atoms with E-state index >= 15 is 0 Å². The highest BCUT2D eigenvalue weighted by molar-refractivity contribution is 4.97. The third kappa shape index (κ3) is 4.10. The maximum atomic E-state index is 5.56. The molecule has 4 nitrogen and oxygen atoms in total. The van der Waals surface area contributed by atoms with E-state index < -0.39 is 0 Å². The van der Waals surface area contributed by atoms with Crippen molar-refractivity contribution in [2.45, 2.75) is 58.7 Å². The van der Waals surface area contributed by atoms with Crippen molar-refractivity contribution in [1.29, 1.82) is 0 Å². The first kappa shape index (κ1) is 15.2. The monoisotopic (exact) mass is 253 g/mol. The topological polar surface area (TPSA) is 39.1 Å². The lowest BCUT2D eigenvalue weighted by atomic mass is 10.0. The summed E-state index contributed by atoms with van der Waals surface area (Å²) in [6.07, 6.45) is 7.28. The molecule has 0 fully saturated rings. The van der Waals surface area contributed by atoms with Crippen LogP contribution in [0.3, 0.4) is 0 Å². The van der Waals surface area contributed by atoms with Gasteiger partial charge in [0.05, 0.1) is 6.10 Å². The highest BCUT2D eigenvalue weighted by atomic mass is 16.5. The van der Waals surface area contributed by atoms with E-state index in [1.165, 1.54) is 0 Å². The molecule has 2 atom stereocenters. The van der Waals surface area contributed by atoms with Gasteiger partial charge < -0.3 is 14.6 Å². The van der Waals surface area contributed by atoms with Gasteiger partial charge in [0.1, 0.15) is 5.82 Å². The normalized spacial score (nSPS) is 14.7. The van der Waals surface area contributed by atoms with Crippen LogP contribution in [0.5, 0.6) is 0 Å². The largest absolute Gasteiger partial charge is 0.380 e. The van der Waals surface area contributed by atoms with Crippen LogP contribution in [0.25, 0.3) is 0 Å². The van der Waals surface area contributed by atoms with Crippen LogP contribution in [0.1, 0.15) is 39.4 Å². The van der Waals surface area contributed by atoms with Gasteiger partial charge in [-0.3, -0.25) is 0 Å². The van der Waals surface area contributed by atoms with E-state index in [9.17, 15) is 0 Å². The number of hydrogen-bond donors (Lipinski definition) is 1. The fraction of sp³-hybridized carbons (Fsp3) is 0.786. The third-order valence-electron chi connectivity index (χ3n) is 3.29. The number of rotatable bonds is 9. The Morgan fingerprint density at radius 2 is 2.17 bits per heavy atom. The zero-order valence-electron chi connectivity index (χ0n) is 12.1. The van der Waals surface area contributed by atoms with Crippen LogP contribution in [0.15, 0.2) is 12.4 Å². The summed E-state index contributed by atoms with van der Waals surface area (Å²) in [5.41, 5.74) is 0. The molecular weight excluding hydrogens is 226 g/mol. The van der Waals surface area contributed by atoms with Crippen molar-refractivity contribution >= 4 is 0 Å². The van der Waals surface area contributed by atoms with Crippen molar-refractivity contribution in [2.75, 3.05) is 13.7 Å². The number of ether oxygens (including phenoxy) is 1. The molecule has 18 heavy (non-hydrogen) atoms. The van der Waals surface area contributed by atoms with E-state index in [2.05, 4.69) is 41.8 Å². The van der Waals surface area contributed by atoms with E-state index in [0.717, 1.165) is 38.2 Å². The molecule has 2 unspecified atom stereocenters. The minimum Gasteiger partial charge on any atom is -0.380 e. The van der Waals surface area contributed by atoms with E-state index in [-0.39, 0.29) is 6.10 Å². The molecule has 0 amide bonds. The Morgan fingerprint density at radius 1 is 1.39 bits per heavy atom. The molecule has 0 aromatic carbocycles. The zero-order valence-corrected chi connectivity index (χ0v) is 12.1. The summed E-state index contributed by atoms with van der Waals surface area (Å²) in [6, 6.07) is 0.336. The quantitative estimate of drug-likeness (QED) is 0.733. The van der Waals surface area contributed by atoms with Crippen molar-refractivity contribution in [3.8, 4) is 0 Å². The molecule has 1 rings (SSSR count). The summed E-state index contributed by atoms with van der Waals surface area (Å²) in [7, 11) is 1.79. The van der Waals surface area contributed by atoms with Crippen LogP contribution in [-0.2, 0) is 17.7 Å². The number of nitrogens with zero attached hydrogens (tertiary/aromatic N) is 2. The minimum absolute atomic E-state index is 0.247. The molecule has 0 aliphatic carbocycles. The third-order valence-corrected chi connectivity index (χ3v) is 3.29. The summed E-state index contributed by atoms with van der Waals surface area (Å²) in [5, 5.41) is 3.51. The van der Waals surface area contributed by atoms with Crippen molar-refractivity contribution in [3.63, 3.8) is 0 Å². The Morgan fingerprint density at radius 3 is 2.72 bits per heavy atom. The number of aryl methyl sites for hydroxylation is 1. The first-order valence-corrected chi connectivity index (χ1v) is 7.02. The lowest BCUT2D eigenvalue weighted by molar-refractivity contribution is 0.0649. The fourth-order valence-electron chi connectivity index (χ4n) is 2.38. The predicted octanol–water partition coefficient (Wildman–Crippen LogP) is 2.24. The summed E-state index contributed by atoms with van der Waals surface area (Å²) >= 11 is 0. The first-order valence-electron chi connectivity index (χ1n) is 7.02. The summed E-state index contributed by atoms with van der Waals surface area (Å²) in [5.74, 6) is 1.15. The van der Waals surface area contributed by atoms with Gasteiger partial charge in [0.25, 0.3) is 0 Å². The highest BCUT2D eigenvalue weighted by Gasteiger charge is 2.20. The van der Waals surface area contributed by atoms with Gasteiger partial charge in [0, 0.05) is 38.5 Å². The molecule has 1 heterocycles. The Hall–Kier alpha value is -0.870.